The Bertz CT molecular complexity index is 388. The van der Waals surface area contributed by atoms with Crippen molar-refractivity contribution < 1.29 is 13.2 Å². The lowest BCUT2D eigenvalue weighted by molar-refractivity contribution is -0.126. The fraction of sp³-hybridized carbons (Fsp3) is 0.889. The highest BCUT2D eigenvalue weighted by Gasteiger charge is 2.40. The number of tetrazole rings is 1. The monoisotopic (exact) mass is 281 g/mol. The Balaban J connectivity index is 2.11. The zero-order valence-corrected chi connectivity index (χ0v) is 10.4. The first-order chi connectivity index (χ1) is 8.52. The second kappa shape index (κ2) is 5.43. The van der Waals surface area contributed by atoms with E-state index in [2.05, 4.69) is 15.5 Å². The van der Waals surface area contributed by atoms with Gasteiger partial charge < -0.3 is 5.73 Å². The molecule has 1 saturated carbocycles. The highest BCUT2D eigenvalue weighted by Crippen LogP contribution is 2.36. The molecular weight excluding hydrogens is 267 g/mol. The van der Waals surface area contributed by atoms with Crippen LogP contribution in [0.1, 0.15) is 31.7 Å². The van der Waals surface area contributed by atoms with Crippen molar-refractivity contribution >= 4 is 11.8 Å². The summed E-state index contributed by atoms with van der Waals surface area (Å²) in [6, 6.07) is 0.120. The summed E-state index contributed by atoms with van der Waals surface area (Å²) in [6.07, 6.45) is -0.385. The number of hydrogen-bond acceptors (Lipinski definition) is 5. The SMILES string of the molecule is NCC(Sc1nnnn1C1CCCC1)C(F)(F)F. The molecule has 0 radical (unpaired) electrons. The highest BCUT2D eigenvalue weighted by atomic mass is 32.2. The van der Waals surface area contributed by atoms with Crippen LogP contribution in [0, 0.1) is 0 Å². The predicted octanol–water partition coefficient (Wildman–Crippen LogP) is 1.77. The molecule has 5 nitrogen and oxygen atoms in total. The van der Waals surface area contributed by atoms with Crippen molar-refractivity contribution in [3.05, 3.63) is 0 Å². The van der Waals surface area contributed by atoms with E-state index < -0.39 is 18.0 Å². The molecule has 1 unspecified atom stereocenters. The standard InChI is InChI=1S/C9H14F3N5S/c10-9(11,12)7(5-13)18-8-14-15-16-17(8)6-3-1-2-4-6/h6-7H,1-5,13H2. The molecule has 1 aliphatic carbocycles. The minimum atomic E-state index is -4.34. The molecule has 0 amide bonds. The van der Waals surface area contributed by atoms with Crippen LogP contribution in [0.25, 0.3) is 0 Å². The Hall–Kier alpha value is -0.830. The summed E-state index contributed by atoms with van der Waals surface area (Å²) >= 11 is 0.593. The van der Waals surface area contributed by atoms with E-state index in [0.717, 1.165) is 25.7 Å². The van der Waals surface area contributed by atoms with Gasteiger partial charge in [-0.2, -0.15) is 13.2 Å². The number of hydrogen-bond donors (Lipinski definition) is 1. The number of nitrogens with zero attached hydrogens (tertiary/aromatic N) is 4. The van der Waals surface area contributed by atoms with Gasteiger partial charge in [0, 0.05) is 6.54 Å². The van der Waals surface area contributed by atoms with Crippen LogP contribution in [-0.2, 0) is 0 Å². The van der Waals surface area contributed by atoms with Crippen LogP contribution >= 0.6 is 11.8 Å². The van der Waals surface area contributed by atoms with Crippen molar-refractivity contribution in [2.45, 2.75) is 48.3 Å². The van der Waals surface area contributed by atoms with E-state index in [4.69, 9.17) is 5.73 Å². The minimum Gasteiger partial charge on any atom is -0.329 e. The van der Waals surface area contributed by atoms with E-state index in [1.165, 1.54) is 4.68 Å². The maximum Gasteiger partial charge on any atom is 0.402 e. The van der Waals surface area contributed by atoms with Gasteiger partial charge in [-0.1, -0.05) is 24.6 Å². The molecule has 0 aromatic carbocycles. The van der Waals surface area contributed by atoms with E-state index in [1.54, 1.807) is 0 Å². The first kappa shape index (κ1) is 13.6. The maximum absolute atomic E-state index is 12.6. The number of halogens is 3. The Labute approximate surface area is 106 Å². The fourth-order valence-electron chi connectivity index (χ4n) is 2.02. The zero-order chi connectivity index (χ0) is 13.2. The topological polar surface area (TPSA) is 69.6 Å². The molecule has 18 heavy (non-hydrogen) atoms. The lowest BCUT2D eigenvalue weighted by Gasteiger charge is -2.18. The van der Waals surface area contributed by atoms with Gasteiger partial charge >= 0.3 is 6.18 Å². The van der Waals surface area contributed by atoms with Gasteiger partial charge in [0.05, 0.1) is 6.04 Å². The average molecular weight is 281 g/mol. The van der Waals surface area contributed by atoms with Crippen molar-refractivity contribution in [2.75, 3.05) is 6.54 Å². The Morgan fingerprint density at radius 2 is 2.06 bits per heavy atom. The Kier molecular flexibility index (Phi) is 4.10. The number of thioether (sulfide) groups is 1. The zero-order valence-electron chi connectivity index (χ0n) is 9.60. The summed E-state index contributed by atoms with van der Waals surface area (Å²) in [5.74, 6) is 0. The van der Waals surface area contributed by atoms with E-state index in [-0.39, 0.29) is 11.2 Å². The van der Waals surface area contributed by atoms with Crippen LogP contribution < -0.4 is 5.73 Å². The normalized spacial score (nSPS) is 19.3. The molecule has 0 saturated heterocycles. The third kappa shape index (κ3) is 2.94. The quantitative estimate of drug-likeness (QED) is 0.852. The van der Waals surface area contributed by atoms with Crippen LogP contribution in [0.4, 0.5) is 13.2 Å². The molecule has 1 fully saturated rings. The van der Waals surface area contributed by atoms with Gasteiger partial charge in [-0.05, 0) is 23.3 Å². The molecule has 1 heterocycles. The van der Waals surface area contributed by atoms with Crippen molar-refractivity contribution in [3.8, 4) is 0 Å². The van der Waals surface area contributed by atoms with Crippen LogP contribution in [0.2, 0.25) is 0 Å². The van der Waals surface area contributed by atoms with Crippen molar-refractivity contribution in [1.29, 1.82) is 0 Å². The lowest BCUT2D eigenvalue weighted by Crippen LogP contribution is -2.33. The fourth-order valence-corrected chi connectivity index (χ4v) is 2.88. The first-order valence-corrected chi connectivity index (χ1v) is 6.61. The average Bonchev–Trinajstić information content (AvgIpc) is 2.94. The predicted molar refractivity (Wildman–Crippen MR) is 60.1 cm³/mol. The molecule has 0 spiro atoms. The second-order valence-electron chi connectivity index (χ2n) is 4.23. The summed E-state index contributed by atoms with van der Waals surface area (Å²) in [4.78, 5) is 0. The van der Waals surface area contributed by atoms with Gasteiger partial charge in [0.2, 0.25) is 5.16 Å². The van der Waals surface area contributed by atoms with Crippen molar-refractivity contribution in [2.24, 2.45) is 5.73 Å². The van der Waals surface area contributed by atoms with E-state index >= 15 is 0 Å². The molecule has 2 rings (SSSR count). The lowest BCUT2D eigenvalue weighted by atomic mass is 10.3. The number of aromatic nitrogens is 4. The van der Waals surface area contributed by atoms with E-state index in [0.29, 0.717) is 11.8 Å². The molecular formula is C9H14F3N5S. The van der Waals surface area contributed by atoms with Crippen LogP contribution in [0.5, 0.6) is 0 Å². The summed E-state index contributed by atoms with van der Waals surface area (Å²) in [6.45, 7) is -0.480. The van der Waals surface area contributed by atoms with Gasteiger partial charge in [0.15, 0.2) is 0 Å². The Morgan fingerprint density at radius 3 is 2.61 bits per heavy atom. The molecule has 1 aromatic heterocycles. The molecule has 0 bridgehead atoms. The molecule has 1 aliphatic rings. The summed E-state index contributed by atoms with van der Waals surface area (Å²) in [5, 5.41) is 9.48. The molecule has 0 aliphatic heterocycles. The molecule has 1 aromatic rings. The molecule has 102 valence electrons. The number of alkyl halides is 3. The minimum absolute atomic E-state index is 0.120. The number of nitrogens with two attached hydrogens (primary N) is 1. The smallest absolute Gasteiger partial charge is 0.329 e. The van der Waals surface area contributed by atoms with E-state index in [1.807, 2.05) is 0 Å². The second-order valence-corrected chi connectivity index (χ2v) is 5.40. The highest BCUT2D eigenvalue weighted by molar-refractivity contribution is 7.99. The first-order valence-electron chi connectivity index (χ1n) is 5.73. The molecule has 1 atom stereocenters. The van der Waals surface area contributed by atoms with Gasteiger partial charge in [0.1, 0.15) is 5.25 Å². The Morgan fingerprint density at radius 1 is 1.39 bits per heavy atom. The third-order valence-electron chi connectivity index (χ3n) is 2.96. The largest absolute Gasteiger partial charge is 0.402 e. The van der Waals surface area contributed by atoms with Gasteiger partial charge in [0.25, 0.3) is 0 Å². The van der Waals surface area contributed by atoms with E-state index in [9.17, 15) is 13.2 Å². The van der Waals surface area contributed by atoms with Gasteiger partial charge in [-0.3, -0.25) is 0 Å². The van der Waals surface area contributed by atoms with Crippen LogP contribution in [-0.4, -0.2) is 38.2 Å². The van der Waals surface area contributed by atoms with Crippen LogP contribution in [0.15, 0.2) is 5.16 Å². The van der Waals surface area contributed by atoms with Crippen LogP contribution in [0.3, 0.4) is 0 Å². The molecule has 9 heteroatoms. The van der Waals surface area contributed by atoms with Gasteiger partial charge in [-0.15, -0.1) is 5.10 Å². The van der Waals surface area contributed by atoms with Gasteiger partial charge in [-0.25, -0.2) is 4.68 Å². The van der Waals surface area contributed by atoms with Crippen molar-refractivity contribution in [3.63, 3.8) is 0 Å². The summed E-state index contributed by atoms with van der Waals surface area (Å²) in [5.41, 5.74) is 5.16. The third-order valence-corrected chi connectivity index (χ3v) is 4.18. The van der Waals surface area contributed by atoms with Crippen molar-refractivity contribution in [1.82, 2.24) is 20.2 Å². The summed E-state index contributed by atoms with van der Waals surface area (Å²) < 4.78 is 39.4. The maximum atomic E-state index is 12.6. The molecule has 2 N–H and O–H groups in total. The number of rotatable bonds is 4. The summed E-state index contributed by atoms with van der Waals surface area (Å²) in [7, 11) is 0.